The first kappa shape index (κ1) is 16.3. The summed E-state index contributed by atoms with van der Waals surface area (Å²) in [5, 5.41) is 6.01. The molecular formula is C17H23N5O2. The Bertz CT molecular complexity index is 632. The second-order valence-electron chi connectivity index (χ2n) is 6.14. The number of hydrogen-bond acceptors (Lipinski definition) is 5. The molecule has 2 atom stereocenters. The first-order valence-corrected chi connectivity index (χ1v) is 8.32. The number of aromatic nitrogens is 2. The molecule has 1 aliphatic rings. The lowest BCUT2D eigenvalue weighted by Crippen LogP contribution is -2.52. The van der Waals surface area contributed by atoms with E-state index in [-0.39, 0.29) is 18.1 Å². The van der Waals surface area contributed by atoms with Crippen molar-refractivity contribution in [2.75, 3.05) is 18.0 Å². The van der Waals surface area contributed by atoms with Gasteiger partial charge in [0.1, 0.15) is 5.76 Å². The highest BCUT2D eigenvalue weighted by Gasteiger charge is 2.23. The van der Waals surface area contributed by atoms with E-state index in [1.807, 2.05) is 19.1 Å². The molecule has 2 N–H and O–H groups in total. The van der Waals surface area contributed by atoms with Gasteiger partial charge in [-0.05, 0) is 38.0 Å². The highest BCUT2D eigenvalue weighted by atomic mass is 16.3. The zero-order chi connectivity index (χ0) is 16.8. The Labute approximate surface area is 141 Å². The maximum Gasteiger partial charge on any atom is 0.315 e. The molecule has 3 rings (SSSR count). The van der Waals surface area contributed by atoms with Gasteiger partial charge in [0.2, 0.25) is 5.95 Å². The van der Waals surface area contributed by atoms with Crippen LogP contribution in [-0.4, -0.2) is 41.2 Å². The van der Waals surface area contributed by atoms with Crippen molar-refractivity contribution in [1.82, 2.24) is 20.6 Å². The normalized spacial score (nSPS) is 18.9. The second-order valence-corrected chi connectivity index (χ2v) is 6.14. The van der Waals surface area contributed by atoms with E-state index in [9.17, 15) is 4.79 Å². The van der Waals surface area contributed by atoms with E-state index in [1.165, 1.54) is 0 Å². The highest BCUT2D eigenvalue weighted by Crippen LogP contribution is 2.15. The average Bonchev–Trinajstić information content (AvgIpc) is 3.08. The second kappa shape index (κ2) is 7.81. The summed E-state index contributed by atoms with van der Waals surface area (Å²) in [5.41, 5.74) is 0. The standard InChI is InChI=1S/C17H23N5O2/c1-13(11-15-6-3-10-24-15)20-17(23)21-14-5-2-9-22(12-14)16-18-7-4-8-19-16/h3-4,6-8,10,13-14H,2,5,9,11-12H2,1H3,(H2,20,21,23)/t13-,14-/m1/s1. The smallest absolute Gasteiger partial charge is 0.315 e. The molecule has 0 unspecified atom stereocenters. The predicted octanol–water partition coefficient (Wildman–Crippen LogP) is 1.97. The van der Waals surface area contributed by atoms with Gasteiger partial charge in [0.25, 0.3) is 0 Å². The van der Waals surface area contributed by atoms with E-state index in [0.717, 1.165) is 37.6 Å². The zero-order valence-electron chi connectivity index (χ0n) is 13.8. The van der Waals surface area contributed by atoms with Gasteiger partial charge < -0.3 is 20.0 Å². The summed E-state index contributed by atoms with van der Waals surface area (Å²) in [5.74, 6) is 1.59. The minimum absolute atomic E-state index is 0.00769. The molecular weight excluding hydrogens is 306 g/mol. The number of carbonyl (C=O) groups is 1. The topological polar surface area (TPSA) is 83.3 Å². The van der Waals surface area contributed by atoms with Crippen LogP contribution in [0.25, 0.3) is 0 Å². The quantitative estimate of drug-likeness (QED) is 0.876. The Morgan fingerprint density at radius 3 is 3.00 bits per heavy atom. The van der Waals surface area contributed by atoms with Gasteiger partial charge in [0.15, 0.2) is 0 Å². The Kier molecular flexibility index (Phi) is 5.30. The van der Waals surface area contributed by atoms with E-state index in [1.54, 1.807) is 24.7 Å². The van der Waals surface area contributed by atoms with Crippen LogP contribution >= 0.6 is 0 Å². The van der Waals surface area contributed by atoms with Crippen LogP contribution in [0.2, 0.25) is 0 Å². The first-order valence-electron chi connectivity index (χ1n) is 8.32. The number of rotatable bonds is 5. The number of furan rings is 1. The number of hydrogen-bond donors (Lipinski definition) is 2. The molecule has 2 aromatic heterocycles. The molecule has 7 heteroatoms. The molecule has 2 aromatic rings. The lowest BCUT2D eigenvalue weighted by molar-refractivity contribution is 0.231. The average molecular weight is 329 g/mol. The van der Waals surface area contributed by atoms with Gasteiger partial charge in [0, 0.05) is 44.0 Å². The van der Waals surface area contributed by atoms with Crippen molar-refractivity contribution in [3.8, 4) is 0 Å². The predicted molar refractivity (Wildman–Crippen MR) is 90.8 cm³/mol. The summed E-state index contributed by atoms with van der Waals surface area (Å²) in [6.45, 7) is 3.61. The zero-order valence-corrected chi connectivity index (χ0v) is 13.8. The molecule has 0 aliphatic carbocycles. The summed E-state index contributed by atoms with van der Waals surface area (Å²) in [6, 6.07) is 5.53. The van der Waals surface area contributed by atoms with E-state index in [2.05, 4.69) is 25.5 Å². The fourth-order valence-corrected chi connectivity index (χ4v) is 2.96. The number of anilines is 1. The Morgan fingerprint density at radius 1 is 1.42 bits per heavy atom. The lowest BCUT2D eigenvalue weighted by Gasteiger charge is -2.33. The van der Waals surface area contributed by atoms with Crippen LogP contribution < -0.4 is 15.5 Å². The van der Waals surface area contributed by atoms with Gasteiger partial charge in [-0.2, -0.15) is 0 Å². The van der Waals surface area contributed by atoms with Crippen molar-refractivity contribution >= 4 is 12.0 Å². The summed E-state index contributed by atoms with van der Waals surface area (Å²) >= 11 is 0. The largest absolute Gasteiger partial charge is 0.469 e. The van der Waals surface area contributed by atoms with Crippen molar-refractivity contribution in [2.24, 2.45) is 0 Å². The maximum atomic E-state index is 12.2. The molecule has 1 saturated heterocycles. The highest BCUT2D eigenvalue weighted by molar-refractivity contribution is 5.74. The van der Waals surface area contributed by atoms with Crippen LogP contribution in [0.15, 0.2) is 41.3 Å². The molecule has 3 heterocycles. The maximum absolute atomic E-state index is 12.2. The Balaban J connectivity index is 1.47. The molecule has 7 nitrogen and oxygen atoms in total. The third-order valence-corrected chi connectivity index (χ3v) is 4.06. The molecule has 0 radical (unpaired) electrons. The van der Waals surface area contributed by atoms with Crippen molar-refractivity contribution in [2.45, 2.75) is 38.3 Å². The number of carbonyl (C=O) groups excluding carboxylic acids is 1. The molecule has 24 heavy (non-hydrogen) atoms. The number of urea groups is 1. The summed E-state index contributed by atoms with van der Waals surface area (Å²) in [6.07, 6.45) is 7.76. The van der Waals surface area contributed by atoms with E-state index < -0.39 is 0 Å². The minimum atomic E-state index is -0.144. The van der Waals surface area contributed by atoms with Gasteiger partial charge in [-0.3, -0.25) is 0 Å². The van der Waals surface area contributed by atoms with Crippen LogP contribution in [0, 0.1) is 0 Å². The van der Waals surface area contributed by atoms with Gasteiger partial charge >= 0.3 is 6.03 Å². The Morgan fingerprint density at radius 2 is 2.25 bits per heavy atom. The van der Waals surface area contributed by atoms with Crippen LogP contribution in [0.1, 0.15) is 25.5 Å². The van der Waals surface area contributed by atoms with Gasteiger partial charge in [-0.25, -0.2) is 14.8 Å². The third-order valence-electron chi connectivity index (χ3n) is 4.06. The summed E-state index contributed by atoms with van der Waals surface area (Å²) in [7, 11) is 0. The SMILES string of the molecule is C[C@H](Cc1ccco1)NC(=O)N[C@@H]1CCCN(c2ncccn2)C1. The third kappa shape index (κ3) is 4.47. The van der Waals surface area contributed by atoms with Crippen LogP contribution in [0.3, 0.4) is 0 Å². The molecule has 128 valence electrons. The van der Waals surface area contributed by atoms with E-state index in [4.69, 9.17) is 4.42 Å². The summed E-state index contributed by atoms with van der Waals surface area (Å²) < 4.78 is 5.31. The van der Waals surface area contributed by atoms with Gasteiger partial charge in [-0.15, -0.1) is 0 Å². The number of nitrogens with zero attached hydrogens (tertiary/aromatic N) is 3. The van der Waals surface area contributed by atoms with E-state index >= 15 is 0 Å². The van der Waals surface area contributed by atoms with Crippen molar-refractivity contribution in [3.63, 3.8) is 0 Å². The van der Waals surface area contributed by atoms with E-state index in [0.29, 0.717) is 6.42 Å². The molecule has 2 amide bonds. The molecule has 0 saturated carbocycles. The number of piperidine rings is 1. The fraction of sp³-hybridized carbons (Fsp3) is 0.471. The van der Waals surface area contributed by atoms with Crippen LogP contribution in [0.5, 0.6) is 0 Å². The van der Waals surface area contributed by atoms with Crippen molar-refractivity contribution < 1.29 is 9.21 Å². The van der Waals surface area contributed by atoms with Crippen LogP contribution in [-0.2, 0) is 6.42 Å². The van der Waals surface area contributed by atoms with Gasteiger partial charge in [-0.1, -0.05) is 0 Å². The van der Waals surface area contributed by atoms with Gasteiger partial charge in [0.05, 0.1) is 6.26 Å². The Hall–Kier alpha value is -2.57. The monoisotopic (exact) mass is 329 g/mol. The number of nitrogens with one attached hydrogen (secondary N) is 2. The summed E-state index contributed by atoms with van der Waals surface area (Å²) in [4.78, 5) is 22.9. The molecule has 1 fully saturated rings. The molecule has 0 bridgehead atoms. The van der Waals surface area contributed by atoms with Crippen LogP contribution in [0.4, 0.5) is 10.7 Å². The lowest BCUT2D eigenvalue weighted by atomic mass is 10.1. The molecule has 0 spiro atoms. The fourth-order valence-electron chi connectivity index (χ4n) is 2.96. The first-order chi connectivity index (χ1) is 11.7. The van der Waals surface area contributed by atoms with Crippen molar-refractivity contribution in [3.05, 3.63) is 42.6 Å². The minimum Gasteiger partial charge on any atom is -0.469 e. The molecule has 0 aromatic carbocycles. The van der Waals surface area contributed by atoms with Crippen molar-refractivity contribution in [1.29, 1.82) is 0 Å². The number of amides is 2. The molecule has 1 aliphatic heterocycles.